The molecule has 198 valence electrons. The van der Waals surface area contributed by atoms with E-state index in [9.17, 15) is 15.0 Å². The zero-order valence-corrected chi connectivity index (χ0v) is 22.1. The Hall–Kier alpha value is -2.71. The SMILES string of the molecule is CC1CN(c2ccc(C(C)(C)O)nc2)CCN1c1cccc(C(=O)NC2C3CC4CC2CC(O)(C4)C3)n1. The maximum atomic E-state index is 13.3. The van der Waals surface area contributed by atoms with E-state index in [1.54, 1.807) is 19.9 Å². The lowest BCUT2D eigenvalue weighted by Gasteiger charge is -2.58. The molecule has 5 aliphatic rings. The molecule has 1 aliphatic heterocycles. The molecule has 8 nitrogen and oxygen atoms in total. The van der Waals surface area contributed by atoms with E-state index in [-0.39, 0.29) is 18.0 Å². The van der Waals surface area contributed by atoms with Crippen molar-refractivity contribution in [1.29, 1.82) is 0 Å². The minimum absolute atomic E-state index is 0.101. The summed E-state index contributed by atoms with van der Waals surface area (Å²) in [5.41, 5.74) is 0.713. The Morgan fingerprint density at radius 3 is 2.49 bits per heavy atom. The molecule has 2 aromatic rings. The van der Waals surface area contributed by atoms with E-state index in [4.69, 9.17) is 4.98 Å². The van der Waals surface area contributed by atoms with E-state index >= 15 is 0 Å². The lowest BCUT2D eigenvalue weighted by molar-refractivity contribution is -0.136. The molecule has 1 amide bonds. The van der Waals surface area contributed by atoms with Gasteiger partial charge in [0.15, 0.2) is 0 Å². The Morgan fingerprint density at radius 1 is 1.11 bits per heavy atom. The van der Waals surface area contributed by atoms with Gasteiger partial charge in [0.05, 0.1) is 23.2 Å². The van der Waals surface area contributed by atoms with Crippen molar-refractivity contribution >= 4 is 17.4 Å². The van der Waals surface area contributed by atoms with E-state index in [1.165, 1.54) is 0 Å². The molecule has 1 saturated heterocycles. The summed E-state index contributed by atoms with van der Waals surface area (Å²) in [4.78, 5) is 27.1. The Labute approximate surface area is 219 Å². The molecule has 8 heteroatoms. The van der Waals surface area contributed by atoms with Gasteiger partial charge in [-0.3, -0.25) is 9.78 Å². The average molecular weight is 506 g/mol. The van der Waals surface area contributed by atoms with Gasteiger partial charge >= 0.3 is 0 Å². The monoisotopic (exact) mass is 505 g/mol. The molecular formula is C29H39N5O3. The Morgan fingerprint density at radius 2 is 1.86 bits per heavy atom. The molecule has 4 aliphatic carbocycles. The van der Waals surface area contributed by atoms with E-state index in [0.717, 1.165) is 63.2 Å². The van der Waals surface area contributed by atoms with Gasteiger partial charge in [-0.1, -0.05) is 6.07 Å². The van der Waals surface area contributed by atoms with Crippen LogP contribution in [0.15, 0.2) is 36.5 Å². The third kappa shape index (κ3) is 4.70. The number of rotatable bonds is 5. The number of hydrogen-bond acceptors (Lipinski definition) is 7. The number of piperazine rings is 1. The van der Waals surface area contributed by atoms with Crippen LogP contribution in [0, 0.1) is 17.8 Å². The smallest absolute Gasteiger partial charge is 0.270 e. The van der Waals surface area contributed by atoms with Gasteiger partial charge in [0, 0.05) is 31.7 Å². The largest absolute Gasteiger partial charge is 0.390 e. The minimum atomic E-state index is -0.954. The van der Waals surface area contributed by atoms with Gasteiger partial charge in [0.2, 0.25) is 0 Å². The standard InChI is InChI=1S/C29H39N5O3/c1-18-17-33(22-7-8-24(30-16-22)28(2,3)36)9-10-34(18)25-6-4-5-23(31-25)27(35)32-26-20-11-19-12-21(26)15-29(37,13-19)14-20/h4-8,16,18-21,26,36-37H,9-15,17H2,1-3H3,(H,32,35). The number of hydrogen-bond donors (Lipinski definition) is 3. The van der Waals surface area contributed by atoms with Crippen LogP contribution in [0.4, 0.5) is 11.5 Å². The fourth-order valence-corrected chi connectivity index (χ4v) is 7.62. The van der Waals surface area contributed by atoms with Crippen molar-refractivity contribution in [3.63, 3.8) is 0 Å². The van der Waals surface area contributed by atoms with Crippen molar-refractivity contribution in [2.24, 2.45) is 17.8 Å². The predicted octanol–water partition coefficient (Wildman–Crippen LogP) is 3.09. The molecule has 0 radical (unpaired) electrons. The molecule has 0 aromatic carbocycles. The fraction of sp³-hybridized carbons (Fsp3) is 0.621. The number of nitrogens with one attached hydrogen (secondary N) is 1. The van der Waals surface area contributed by atoms with E-state index in [0.29, 0.717) is 29.1 Å². The molecule has 4 saturated carbocycles. The highest BCUT2D eigenvalue weighted by Gasteiger charge is 2.55. The summed E-state index contributed by atoms with van der Waals surface area (Å²) in [5, 5.41) is 24.4. The maximum absolute atomic E-state index is 13.3. The highest BCUT2D eigenvalue weighted by Crippen LogP contribution is 2.55. The van der Waals surface area contributed by atoms with Gasteiger partial charge in [-0.15, -0.1) is 0 Å². The first-order valence-electron chi connectivity index (χ1n) is 13.8. The van der Waals surface area contributed by atoms with Crippen LogP contribution >= 0.6 is 0 Å². The van der Waals surface area contributed by atoms with Crippen LogP contribution in [0.1, 0.15) is 69.1 Å². The lowest BCUT2D eigenvalue weighted by Crippen LogP contribution is -2.61. The third-order valence-electron chi connectivity index (χ3n) is 9.17. The van der Waals surface area contributed by atoms with Crippen LogP contribution in [0.2, 0.25) is 0 Å². The van der Waals surface area contributed by atoms with Crippen molar-refractivity contribution < 1.29 is 15.0 Å². The van der Waals surface area contributed by atoms with Gasteiger partial charge in [-0.2, -0.15) is 0 Å². The fourth-order valence-electron chi connectivity index (χ4n) is 7.62. The maximum Gasteiger partial charge on any atom is 0.270 e. The molecular weight excluding hydrogens is 466 g/mol. The molecule has 4 bridgehead atoms. The van der Waals surface area contributed by atoms with Crippen molar-refractivity contribution in [3.8, 4) is 0 Å². The van der Waals surface area contributed by atoms with Crippen molar-refractivity contribution in [3.05, 3.63) is 47.9 Å². The molecule has 3 atom stereocenters. The summed E-state index contributed by atoms with van der Waals surface area (Å²) in [5.74, 6) is 2.10. The van der Waals surface area contributed by atoms with Crippen LogP contribution in [-0.4, -0.2) is 63.4 Å². The number of carbonyl (C=O) groups is 1. The zero-order valence-electron chi connectivity index (χ0n) is 22.1. The van der Waals surface area contributed by atoms with Gasteiger partial charge in [0.1, 0.15) is 17.1 Å². The molecule has 5 fully saturated rings. The molecule has 37 heavy (non-hydrogen) atoms. The molecule has 3 unspecified atom stereocenters. The Bertz CT molecular complexity index is 1150. The second kappa shape index (κ2) is 8.95. The molecule has 3 N–H and O–H groups in total. The first-order valence-corrected chi connectivity index (χ1v) is 13.8. The van der Waals surface area contributed by atoms with Crippen molar-refractivity contribution in [1.82, 2.24) is 15.3 Å². The second-order valence-electron chi connectivity index (χ2n) is 12.5. The van der Waals surface area contributed by atoms with Gasteiger partial charge in [0.25, 0.3) is 5.91 Å². The summed E-state index contributed by atoms with van der Waals surface area (Å²) < 4.78 is 0. The summed E-state index contributed by atoms with van der Waals surface area (Å²) in [6, 6.07) is 9.98. The summed E-state index contributed by atoms with van der Waals surface area (Å²) in [6.07, 6.45) is 6.65. The van der Waals surface area contributed by atoms with E-state index < -0.39 is 11.2 Å². The number of amides is 1. The summed E-state index contributed by atoms with van der Waals surface area (Å²) >= 11 is 0. The lowest BCUT2D eigenvalue weighted by atomic mass is 9.52. The average Bonchev–Trinajstić information content (AvgIpc) is 2.85. The van der Waals surface area contributed by atoms with E-state index in [1.807, 2.05) is 30.5 Å². The number of aliphatic hydroxyl groups is 2. The van der Waals surface area contributed by atoms with Crippen LogP contribution in [0.25, 0.3) is 0 Å². The van der Waals surface area contributed by atoms with Gasteiger partial charge in [-0.05, 0) is 94.9 Å². The van der Waals surface area contributed by atoms with Gasteiger partial charge in [-0.25, -0.2) is 4.98 Å². The van der Waals surface area contributed by atoms with Crippen LogP contribution in [0.3, 0.4) is 0 Å². The van der Waals surface area contributed by atoms with Crippen LogP contribution in [-0.2, 0) is 5.60 Å². The van der Waals surface area contributed by atoms with Crippen molar-refractivity contribution in [2.45, 2.75) is 76.2 Å². The molecule has 3 heterocycles. The third-order valence-corrected chi connectivity index (χ3v) is 9.17. The number of pyridine rings is 2. The molecule has 0 spiro atoms. The molecule has 2 aromatic heterocycles. The Balaban J connectivity index is 1.11. The van der Waals surface area contributed by atoms with Crippen LogP contribution in [0.5, 0.6) is 0 Å². The zero-order chi connectivity index (χ0) is 25.9. The first-order chi connectivity index (χ1) is 17.6. The highest BCUT2D eigenvalue weighted by molar-refractivity contribution is 5.93. The number of anilines is 2. The van der Waals surface area contributed by atoms with Crippen LogP contribution < -0.4 is 15.1 Å². The van der Waals surface area contributed by atoms with Gasteiger partial charge < -0.3 is 25.3 Å². The normalized spacial score (nSPS) is 33.1. The highest BCUT2D eigenvalue weighted by atomic mass is 16.3. The number of carbonyl (C=O) groups excluding carboxylic acids is 1. The first kappa shape index (κ1) is 24.6. The number of aromatic nitrogens is 2. The number of nitrogens with zero attached hydrogens (tertiary/aromatic N) is 4. The quantitative estimate of drug-likeness (QED) is 0.574. The van der Waals surface area contributed by atoms with E-state index in [2.05, 4.69) is 27.0 Å². The predicted molar refractivity (Wildman–Crippen MR) is 142 cm³/mol. The van der Waals surface area contributed by atoms with Crippen molar-refractivity contribution in [2.75, 3.05) is 29.4 Å². The molecule has 7 rings (SSSR count). The minimum Gasteiger partial charge on any atom is -0.390 e. The topological polar surface area (TPSA) is 102 Å². The second-order valence-corrected chi connectivity index (χ2v) is 12.5. The summed E-state index contributed by atoms with van der Waals surface area (Å²) in [7, 11) is 0. The summed E-state index contributed by atoms with van der Waals surface area (Å²) in [6.45, 7) is 8.09. The Kier molecular flexibility index (Phi) is 5.95.